The van der Waals surface area contributed by atoms with Crippen LogP contribution in [-0.4, -0.2) is 43.9 Å². The molecule has 0 bridgehead atoms. The SMILES string of the molecule is CCOCCOc1ccc(NC(=O)C2(c3ccccc3)CCOCC2)c(C)n1. The topological polar surface area (TPSA) is 69.7 Å². The molecule has 1 fully saturated rings. The minimum Gasteiger partial charge on any atom is -0.475 e. The summed E-state index contributed by atoms with van der Waals surface area (Å²) in [5, 5.41) is 3.09. The molecule has 0 aliphatic carbocycles. The quantitative estimate of drug-likeness (QED) is 0.706. The Morgan fingerprint density at radius 1 is 1.14 bits per heavy atom. The smallest absolute Gasteiger partial charge is 0.235 e. The predicted molar refractivity (Wildman–Crippen MR) is 108 cm³/mol. The summed E-state index contributed by atoms with van der Waals surface area (Å²) in [4.78, 5) is 17.8. The molecule has 0 radical (unpaired) electrons. The Morgan fingerprint density at radius 2 is 1.89 bits per heavy atom. The average molecular weight is 384 g/mol. The molecule has 0 unspecified atom stereocenters. The third kappa shape index (κ3) is 4.69. The number of rotatable bonds is 8. The molecule has 1 aromatic carbocycles. The van der Waals surface area contributed by atoms with Crippen LogP contribution in [0, 0.1) is 6.92 Å². The van der Waals surface area contributed by atoms with Gasteiger partial charge in [0, 0.05) is 25.9 Å². The van der Waals surface area contributed by atoms with Crippen LogP contribution in [0.5, 0.6) is 5.88 Å². The maximum atomic E-state index is 13.3. The van der Waals surface area contributed by atoms with Crippen LogP contribution in [0.15, 0.2) is 42.5 Å². The van der Waals surface area contributed by atoms with E-state index in [2.05, 4.69) is 10.3 Å². The lowest BCUT2D eigenvalue weighted by molar-refractivity contribution is -0.125. The van der Waals surface area contributed by atoms with Crippen LogP contribution in [0.3, 0.4) is 0 Å². The summed E-state index contributed by atoms with van der Waals surface area (Å²) >= 11 is 0. The van der Waals surface area contributed by atoms with Gasteiger partial charge in [0.2, 0.25) is 11.8 Å². The number of hydrogen-bond donors (Lipinski definition) is 1. The molecule has 1 aromatic heterocycles. The fourth-order valence-electron chi connectivity index (χ4n) is 3.47. The monoisotopic (exact) mass is 384 g/mol. The van der Waals surface area contributed by atoms with Gasteiger partial charge >= 0.3 is 0 Å². The van der Waals surface area contributed by atoms with Crippen LogP contribution in [0.4, 0.5) is 5.69 Å². The number of ether oxygens (including phenoxy) is 3. The molecular formula is C22H28N2O4. The Bertz CT molecular complexity index is 773. The molecule has 0 spiro atoms. The number of aryl methyl sites for hydroxylation is 1. The molecule has 6 heteroatoms. The minimum absolute atomic E-state index is 0.0167. The number of nitrogens with zero attached hydrogens (tertiary/aromatic N) is 1. The van der Waals surface area contributed by atoms with Crippen molar-refractivity contribution in [2.75, 3.05) is 38.4 Å². The summed E-state index contributed by atoms with van der Waals surface area (Å²) in [5.41, 5.74) is 1.86. The molecule has 0 saturated carbocycles. The van der Waals surface area contributed by atoms with Gasteiger partial charge in [-0.2, -0.15) is 0 Å². The zero-order valence-corrected chi connectivity index (χ0v) is 16.6. The van der Waals surface area contributed by atoms with Crippen molar-refractivity contribution in [1.29, 1.82) is 0 Å². The van der Waals surface area contributed by atoms with E-state index in [1.807, 2.05) is 50.2 Å². The van der Waals surface area contributed by atoms with E-state index in [1.54, 1.807) is 6.07 Å². The molecule has 1 amide bonds. The minimum atomic E-state index is -0.585. The zero-order valence-electron chi connectivity index (χ0n) is 16.6. The van der Waals surface area contributed by atoms with E-state index in [0.29, 0.717) is 57.4 Å². The van der Waals surface area contributed by atoms with Gasteiger partial charge in [0.1, 0.15) is 6.61 Å². The molecule has 2 heterocycles. The van der Waals surface area contributed by atoms with E-state index in [0.717, 1.165) is 11.3 Å². The first kappa shape index (κ1) is 20.3. The Morgan fingerprint density at radius 3 is 2.57 bits per heavy atom. The number of hydrogen-bond acceptors (Lipinski definition) is 5. The van der Waals surface area contributed by atoms with E-state index in [4.69, 9.17) is 14.2 Å². The van der Waals surface area contributed by atoms with Gasteiger partial charge in [-0.1, -0.05) is 30.3 Å². The fraction of sp³-hybridized carbons (Fsp3) is 0.455. The average Bonchev–Trinajstić information content (AvgIpc) is 2.74. The summed E-state index contributed by atoms with van der Waals surface area (Å²) in [7, 11) is 0. The van der Waals surface area contributed by atoms with E-state index < -0.39 is 5.41 Å². The number of benzene rings is 1. The number of carbonyl (C=O) groups is 1. The van der Waals surface area contributed by atoms with Crippen LogP contribution in [-0.2, 0) is 19.7 Å². The number of pyridine rings is 1. The first-order chi connectivity index (χ1) is 13.7. The van der Waals surface area contributed by atoms with Crippen molar-refractivity contribution in [2.45, 2.75) is 32.1 Å². The first-order valence-corrected chi connectivity index (χ1v) is 9.78. The van der Waals surface area contributed by atoms with Crippen LogP contribution in [0.1, 0.15) is 31.0 Å². The summed E-state index contributed by atoms with van der Waals surface area (Å²) in [6, 6.07) is 13.6. The number of anilines is 1. The molecule has 28 heavy (non-hydrogen) atoms. The first-order valence-electron chi connectivity index (χ1n) is 9.78. The summed E-state index contributed by atoms with van der Waals surface area (Å²) in [5.74, 6) is 0.510. The summed E-state index contributed by atoms with van der Waals surface area (Å²) < 4.78 is 16.4. The number of aromatic nitrogens is 1. The standard InChI is InChI=1S/C22H28N2O4/c1-3-26-15-16-28-20-10-9-19(17(2)23-20)24-21(25)22(11-13-27-14-12-22)18-7-5-4-6-8-18/h4-10H,3,11-16H2,1-2H3,(H,24,25). The highest BCUT2D eigenvalue weighted by atomic mass is 16.5. The van der Waals surface area contributed by atoms with Crippen molar-refractivity contribution >= 4 is 11.6 Å². The maximum absolute atomic E-state index is 13.3. The van der Waals surface area contributed by atoms with Gasteiger partial charge < -0.3 is 19.5 Å². The van der Waals surface area contributed by atoms with Crippen molar-refractivity contribution in [3.8, 4) is 5.88 Å². The second-order valence-corrected chi connectivity index (χ2v) is 6.84. The third-order valence-corrected chi connectivity index (χ3v) is 5.10. The van der Waals surface area contributed by atoms with E-state index in [-0.39, 0.29) is 5.91 Å². The van der Waals surface area contributed by atoms with Crippen LogP contribution in [0.25, 0.3) is 0 Å². The van der Waals surface area contributed by atoms with Crippen LogP contribution >= 0.6 is 0 Å². The molecule has 1 N–H and O–H groups in total. The highest BCUT2D eigenvalue weighted by Gasteiger charge is 2.41. The Labute approximate surface area is 166 Å². The van der Waals surface area contributed by atoms with Gasteiger partial charge in [0.15, 0.2) is 0 Å². The van der Waals surface area contributed by atoms with E-state index >= 15 is 0 Å². The Hall–Kier alpha value is -2.44. The third-order valence-electron chi connectivity index (χ3n) is 5.10. The fourth-order valence-corrected chi connectivity index (χ4v) is 3.47. The molecule has 1 aliphatic rings. The molecule has 150 valence electrons. The summed E-state index contributed by atoms with van der Waals surface area (Å²) in [6.07, 6.45) is 1.32. The van der Waals surface area contributed by atoms with Crippen molar-refractivity contribution < 1.29 is 19.0 Å². The normalized spacial score (nSPS) is 15.8. The van der Waals surface area contributed by atoms with Crippen molar-refractivity contribution in [3.05, 3.63) is 53.7 Å². The number of nitrogens with one attached hydrogen (secondary N) is 1. The van der Waals surface area contributed by atoms with Gasteiger partial charge in [-0.25, -0.2) is 4.98 Å². The number of amides is 1. The molecule has 1 aliphatic heterocycles. The molecular weight excluding hydrogens is 356 g/mol. The van der Waals surface area contributed by atoms with Crippen LogP contribution < -0.4 is 10.1 Å². The van der Waals surface area contributed by atoms with E-state index in [1.165, 1.54) is 0 Å². The van der Waals surface area contributed by atoms with Gasteiger partial charge in [0.25, 0.3) is 0 Å². The summed E-state index contributed by atoms with van der Waals surface area (Å²) in [6.45, 7) is 6.60. The molecule has 0 atom stereocenters. The lowest BCUT2D eigenvalue weighted by atomic mass is 9.73. The van der Waals surface area contributed by atoms with Crippen molar-refractivity contribution in [3.63, 3.8) is 0 Å². The second-order valence-electron chi connectivity index (χ2n) is 6.84. The zero-order chi connectivity index (χ0) is 19.8. The van der Waals surface area contributed by atoms with E-state index in [9.17, 15) is 4.79 Å². The molecule has 2 aromatic rings. The highest BCUT2D eigenvalue weighted by molar-refractivity contribution is 5.99. The second kappa shape index (κ2) is 9.66. The maximum Gasteiger partial charge on any atom is 0.235 e. The van der Waals surface area contributed by atoms with Gasteiger partial charge in [0.05, 0.1) is 23.4 Å². The lowest BCUT2D eigenvalue weighted by Gasteiger charge is -2.36. The largest absolute Gasteiger partial charge is 0.475 e. The molecule has 6 nitrogen and oxygen atoms in total. The van der Waals surface area contributed by atoms with Gasteiger partial charge in [-0.05, 0) is 38.3 Å². The van der Waals surface area contributed by atoms with Gasteiger partial charge in [-0.15, -0.1) is 0 Å². The predicted octanol–water partition coefficient (Wildman–Crippen LogP) is 3.49. The molecule has 3 rings (SSSR count). The van der Waals surface area contributed by atoms with Crippen LogP contribution in [0.2, 0.25) is 0 Å². The lowest BCUT2D eigenvalue weighted by Crippen LogP contribution is -2.45. The van der Waals surface area contributed by atoms with Crippen molar-refractivity contribution in [1.82, 2.24) is 4.98 Å². The highest BCUT2D eigenvalue weighted by Crippen LogP contribution is 2.36. The van der Waals surface area contributed by atoms with Gasteiger partial charge in [-0.3, -0.25) is 4.79 Å². The molecule has 1 saturated heterocycles. The Kier molecular flexibility index (Phi) is 7.01. The van der Waals surface area contributed by atoms with Crippen molar-refractivity contribution in [2.24, 2.45) is 0 Å². The number of carbonyl (C=O) groups excluding carboxylic acids is 1. The Balaban J connectivity index is 1.73.